The lowest BCUT2D eigenvalue weighted by atomic mass is 10.2. The van der Waals surface area contributed by atoms with Gasteiger partial charge in [-0.1, -0.05) is 0 Å². The van der Waals surface area contributed by atoms with Gasteiger partial charge in [-0.15, -0.1) is 10.2 Å². The smallest absolute Gasteiger partial charge is 0.328 e. The van der Waals surface area contributed by atoms with E-state index in [0.29, 0.717) is 20.5 Å². The number of carboxylic acid groups (broad SMARTS) is 1. The summed E-state index contributed by atoms with van der Waals surface area (Å²) in [6, 6.07) is 3.51. The fourth-order valence-electron chi connectivity index (χ4n) is 1.50. The number of aromatic nitrogens is 4. The Morgan fingerprint density at radius 2 is 2.10 bits per heavy atom. The highest BCUT2D eigenvalue weighted by Gasteiger charge is 2.10. The Hall–Kier alpha value is -1.74. The van der Waals surface area contributed by atoms with E-state index in [2.05, 4.69) is 47.3 Å². The number of tetrazole rings is 1. The first-order valence-electron chi connectivity index (χ1n) is 5.71. The first-order chi connectivity index (χ1) is 9.95. The largest absolute Gasteiger partial charge is 0.483 e. The Labute approximate surface area is 136 Å². The minimum atomic E-state index is -1.00. The molecule has 1 heterocycles. The van der Waals surface area contributed by atoms with Gasteiger partial charge in [-0.3, -0.25) is 0 Å². The van der Waals surface area contributed by atoms with Gasteiger partial charge in [-0.25, -0.2) is 4.79 Å². The molecule has 7 nitrogen and oxygen atoms in total. The Morgan fingerprint density at radius 1 is 1.43 bits per heavy atom. The van der Waals surface area contributed by atoms with Gasteiger partial charge in [0.25, 0.3) is 0 Å². The zero-order valence-electron chi connectivity index (χ0n) is 10.8. The van der Waals surface area contributed by atoms with E-state index in [-0.39, 0.29) is 6.61 Å². The summed E-state index contributed by atoms with van der Waals surface area (Å²) in [4.78, 5) is 11.9. The van der Waals surface area contributed by atoms with Crippen LogP contribution in [0.3, 0.4) is 0 Å². The topological polar surface area (TPSA) is 90.1 Å². The van der Waals surface area contributed by atoms with Crippen molar-refractivity contribution in [2.45, 2.75) is 6.61 Å². The number of aryl methyl sites for hydroxylation is 1. The number of ether oxygens (including phenoxy) is 1. The molecule has 0 saturated carbocycles. The third kappa shape index (κ3) is 4.36. The van der Waals surface area contributed by atoms with Gasteiger partial charge in [-0.2, -0.15) is 4.80 Å². The number of carboxylic acids is 1. The van der Waals surface area contributed by atoms with E-state index in [9.17, 15) is 4.79 Å². The second kappa shape index (κ2) is 6.81. The Bertz CT molecular complexity index is 677. The predicted molar refractivity (Wildman–Crippen MR) is 81.6 cm³/mol. The Balaban J connectivity index is 2.15. The summed E-state index contributed by atoms with van der Waals surface area (Å²) in [5, 5.41) is 20.2. The van der Waals surface area contributed by atoms with Crippen molar-refractivity contribution < 1.29 is 14.6 Å². The second-order valence-corrected chi connectivity index (χ2v) is 5.68. The van der Waals surface area contributed by atoms with Gasteiger partial charge in [0.2, 0.25) is 5.82 Å². The number of hydrogen-bond acceptors (Lipinski definition) is 5. The summed E-state index contributed by atoms with van der Waals surface area (Å²) >= 11 is 6.77. The van der Waals surface area contributed by atoms with Crippen LogP contribution in [0.15, 0.2) is 27.2 Å². The normalized spacial score (nSPS) is 11.0. The van der Waals surface area contributed by atoms with E-state index < -0.39 is 5.97 Å². The predicted octanol–water partition coefficient (Wildman–Crippen LogP) is 2.41. The molecule has 2 rings (SSSR count). The number of benzene rings is 1. The van der Waals surface area contributed by atoms with Crippen LogP contribution in [-0.2, 0) is 18.4 Å². The van der Waals surface area contributed by atoms with Crippen LogP contribution in [0.5, 0.6) is 5.75 Å². The van der Waals surface area contributed by atoms with Crippen molar-refractivity contribution in [3.63, 3.8) is 0 Å². The molecule has 2 aromatic rings. The fourth-order valence-corrected chi connectivity index (χ4v) is 2.95. The molecule has 9 heteroatoms. The van der Waals surface area contributed by atoms with E-state index in [1.807, 2.05) is 0 Å². The zero-order valence-corrected chi connectivity index (χ0v) is 14.0. The minimum absolute atomic E-state index is 0.176. The van der Waals surface area contributed by atoms with Gasteiger partial charge in [0.1, 0.15) is 5.75 Å². The number of aliphatic carboxylic acids is 1. The van der Waals surface area contributed by atoms with Gasteiger partial charge in [0.05, 0.1) is 16.0 Å². The Kier molecular flexibility index (Phi) is 5.07. The van der Waals surface area contributed by atoms with Crippen LogP contribution in [0.25, 0.3) is 6.08 Å². The molecular weight excluding hydrogens is 408 g/mol. The summed E-state index contributed by atoms with van der Waals surface area (Å²) in [6.45, 7) is 0.176. The van der Waals surface area contributed by atoms with Crippen molar-refractivity contribution in [2.75, 3.05) is 0 Å². The highest BCUT2D eigenvalue weighted by Crippen LogP contribution is 2.35. The van der Waals surface area contributed by atoms with Gasteiger partial charge in [0, 0.05) is 6.08 Å². The molecule has 0 bridgehead atoms. The number of carbonyl (C=O) groups is 1. The molecule has 110 valence electrons. The molecule has 0 spiro atoms. The van der Waals surface area contributed by atoms with Crippen LogP contribution in [0.4, 0.5) is 0 Å². The van der Waals surface area contributed by atoms with Crippen molar-refractivity contribution in [1.82, 2.24) is 20.2 Å². The maximum atomic E-state index is 10.5. The number of rotatable bonds is 5. The number of nitrogens with zero attached hydrogens (tertiary/aromatic N) is 4. The maximum absolute atomic E-state index is 10.5. The van der Waals surface area contributed by atoms with Crippen molar-refractivity contribution >= 4 is 43.9 Å². The molecule has 0 aliphatic rings. The van der Waals surface area contributed by atoms with Crippen LogP contribution in [0, 0.1) is 0 Å². The fraction of sp³-hybridized carbons (Fsp3) is 0.167. The van der Waals surface area contributed by atoms with Gasteiger partial charge in [0.15, 0.2) is 6.61 Å². The SMILES string of the molecule is Cn1nnc(COc2c(Br)cc(/C=C/C(=O)O)cc2Br)n1. The highest BCUT2D eigenvalue weighted by atomic mass is 79.9. The molecule has 0 atom stereocenters. The van der Waals surface area contributed by atoms with Gasteiger partial charge < -0.3 is 9.84 Å². The molecular formula is C12H10Br2N4O3. The van der Waals surface area contributed by atoms with Gasteiger partial charge >= 0.3 is 5.97 Å². The lowest BCUT2D eigenvalue weighted by molar-refractivity contribution is -0.131. The van der Waals surface area contributed by atoms with E-state index in [1.165, 1.54) is 10.9 Å². The molecule has 21 heavy (non-hydrogen) atoms. The molecule has 0 unspecified atom stereocenters. The first kappa shape index (κ1) is 15.6. The van der Waals surface area contributed by atoms with E-state index in [0.717, 1.165) is 11.6 Å². The molecule has 0 fully saturated rings. The van der Waals surface area contributed by atoms with Crippen LogP contribution < -0.4 is 4.74 Å². The lowest BCUT2D eigenvalue weighted by Crippen LogP contribution is -2.00. The van der Waals surface area contributed by atoms with E-state index in [1.54, 1.807) is 19.2 Å². The van der Waals surface area contributed by atoms with Crippen LogP contribution >= 0.6 is 31.9 Å². The summed E-state index contributed by atoms with van der Waals surface area (Å²) in [5.74, 6) is 0.0392. The third-order valence-electron chi connectivity index (χ3n) is 2.33. The van der Waals surface area contributed by atoms with Crippen molar-refractivity contribution in [3.05, 3.63) is 38.5 Å². The zero-order chi connectivity index (χ0) is 15.4. The molecule has 0 amide bonds. The molecule has 0 saturated heterocycles. The molecule has 0 aliphatic heterocycles. The van der Waals surface area contributed by atoms with Crippen LogP contribution in [-0.4, -0.2) is 31.3 Å². The molecule has 1 aromatic carbocycles. The molecule has 0 radical (unpaired) electrons. The maximum Gasteiger partial charge on any atom is 0.328 e. The van der Waals surface area contributed by atoms with Crippen molar-refractivity contribution in [1.29, 1.82) is 0 Å². The summed E-state index contributed by atoms with van der Waals surface area (Å²) in [5.41, 5.74) is 0.723. The van der Waals surface area contributed by atoms with Gasteiger partial charge in [-0.05, 0) is 60.8 Å². The third-order valence-corrected chi connectivity index (χ3v) is 3.51. The summed E-state index contributed by atoms with van der Waals surface area (Å²) < 4.78 is 7.01. The second-order valence-electron chi connectivity index (χ2n) is 3.97. The number of halogens is 2. The lowest BCUT2D eigenvalue weighted by Gasteiger charge is -2.09. The summed E-state index contributed by atoms with van der Waals surface area (Å²) in [6.07, 6.45) is 2.56. The standard InChI is InChI=1S/C12H10Br2N4O3/c1-18-16-10(15-17-18)6-21-12-8(13)4-7(5-9(12)14)2-3-11(19)20/h2-5H,6H2,1H3,(H,19,20)/b3-2+. The first-order valence-corrected chi connectivity index (χ1v) is 7.30. The molecule has 1 N–H and O–H groups in total. The van der Waals surface area contributed by atoms with Crippen molar-refractivity contribution in [2.24, 2.45) is 7.05 Å². The van der Waals surface area contributed by atoms with Crippen LogP contribution in [0.2, 0.25) is 0 Å². The average Bonchev–Trinajstić information content (AvgIpc) is 2.81. The number of hydrogen-bond donors (Lipinski definition) is 1. The highest BCUT2D eigenvalue weighted by molar-refractivity contribution is 9.11. The van der Waals surface area contributed by atoms with Crippen LogP contribution in [0.1, 0.15) is 11.4 Å². The molecule has 1 aromatic heterocycles. The average molecular weight is 418 g/mol. The Morgan fingerprint density at radius 3 is 2.62 bits per heavy atom. The summed E-state index contributed by atoms with van der Waals surface area (Å²) in [7, 11) is 1.67. The quantitative estimate of drug-likeness (QED) is 0.751. The van der Waals surface area contributed by atoms with E-state index in [4.69, 9.17) is 9.84 Å². The minimum Gasteiger partial charge on any atom is -0.483 e. The monoisotopic (exact) mass is 416 g/mol. The van der Waals surface area contributed by atoms with E-state index >= 15 is 0 Å². The molecule has 0 aliphatic carbocycles. The van der Waals surface area contributed by atoms with Crippen molar-refractivity contribution in [3.8, 4) is 5.75 Å².